The van der Waals surface area contributed by atoms with Crippen LogP contribution in [0.1, 0.15) is 40.5 Å². The van der Waals surface area contributed by atoms with Crippen LogP contribution in [0.3, 0.4) is 0 Å². The van der Waals surface area contributed by atoms with E-state index in [0.29, 0.717) is 12.0 Å². The van der Waals surface area contributed by atoms with Gasteiger partial charge in [0.25, 0.3) is 0 Å². The van der Waals surface area contributed by atoms with Gasteiger partial charge in [0.05, 0.1) is 12.0 Å². The second kappa shape index (κ2) is 4.91. The number of carboxylic acid groups (broad SMARTS) is 1. The lowest BCUT2D eigenvalue weighted by atomic mass is 9.63. The van der Waals surface area contributed by atoms with Crippen LogP contribution in [0.5, 0.6) is 0 Å². The molecule has 2 bridgehead atoms. The molecular formula is C14H24N2O4. The van der Waals surface area contributed by atoms with Crippen LogP contribution in [0, 0.1) is 11.8 Å². The number of carbonyl (C=O) groups excluding carboxylic acids is 1. The zero-order chi connectivity index (χ0) is 15.1. The van der Waals surface area contributed by atoms with Crippen LogP contribution in [0.2, 0.25) is 0 Å². The van der Waals surface area contributed by atoms with Gasteiger partial charge in [-0.2, -0.15) is 0 Å². The summed E-state index contributed by atoms with van der Waals surface area (Å²) < 4.78 is 5.26. The second-order valence-corrected chi connectivity index (χ2v) is 7.15. The first-order valence-electron chi connectivity index (χ1n) is 7.07. The summed E-state index contributed by atoms with van der Waals surface area (Å²) in [6.45, 7) is 8.07. The Bertz CT molecular complexity index is 404. The number of amides is 1. The Kier molecular flexibility index (Phi) is 3.71. The highest BCUT2D eigenvalue weighted by atomic mass is 16.6. The predicted octanol–water partition coefficient (Wildman–Crippen LogP) is 1.35. The first-order chi connectivity index (χ1) is 9.11. The number of hydrogen-bond donors (Lipinski definition) is 3. The Labute approximate surface area is 119 Å². The molecule has 0 aromatic rings. The Hall–Kier alpha value is -1.30. The lowest BCUT2D eigenvalue weighted by Gasteiger charge is -2.47. The van der Waals surface area contributed by atoms with Crippen LogP contribution in [0.15, 0.2) is 0 Å². The normalized spacial score (nSPS) is 31.1. The molecule has 3 rings (SSSR count). The monoisotopic (exact) mass is 284 g/mol. The van der Waals surface area contributed by atoms with Crippen LogP contribution >= 0.6 is 0 Å². The van der Waals surface area contributed by atoms with E-state index >= 15 is 0 Å². The molecule has 1 amide bonds. The summed E-state index contributed by atoms with van der Waals surface area (Å²) in [4.78, 5) is 23.1. The molecule has 3 fully saturated rings. The van der Waals surface area contributed by atoms with Gasteiger partial charge in [0, 0.05) is 12.0 Å². The van der Waals surface area contributed by atoms with E-state index in [9.17, 15) is 9.59 Å². The highest BCUT2D eigenvalue weighted by molar-refractivity contribution is 5.73. The maximum absolute atomic E-state index is 12.0. The van der Waals surface area contributed by atoms with Crippen LogP contribution in [0.25, 0.3) is 0 Å². The van der Waals surface area contributed by atoms with Gasteiger partial charge in [-0.1, -0.05) is 0 Å². The minimum Gasteiger partial charge on any atom is -0.481 e. The molecule has 0 radical (unpaired) electrons. The maximum atomic E-state index is 12.0. The van der Waals surface area contributed by atoms with Crippen LogP contribution in [-0.2, 0) is 9.53 Å². The second-order valence-electron chi connectivity index (χ2n) is 7.15. The number of rotatable bonds is 4. The summed E-state index contributed by atoms with van der Waals surface area (Å²) in [7, 11) is 0. The molecule has 6 nitrogen and oxygen atoms in total. The number of hydrogen-bond acceptors (Lipinski definition) is 4. The summed E-state index contributed by atoms with van der Waals surface area (Å²) in [5, 5.41) is 15.3. The number of carbonyl (C=O) groups is 2. The van der Waals surface area contributed by atoms with Gasteiger partial charge in [0.1, 0.15) is 5.60 Å². The van der Waals surface area contributed by atoms with Gasteiger partial charge < -0.3 is 20.5 Å². The standard InChI is InChI=1S/C14H24N2O4/c1-13(2,3)20-12(19)16-14(4,6-10(17)18)11-8-5-9(11)15-7-8/h8-9,11,15H,5-7H2,1-4H3,(H,16,19)(H,17,18). The van der Waals surface area contributed by atoms with E-state index in [1.807, 2.05) is 6.92 Å². The molecule has 6 heteroatoms. The van der Waals surface area contributed by atoms with Gasteiger partial charge in [0.15, 0.2) is 0 Å². The molecule has 114 valence electrons. The molecule has 2 saturated heterocycles. The highest BCUT2D eigenvalue weighted by Crippen LogP contribution is 2.47. The molecular weight excluding hydrogens is 260 g/mol. The molecule has 0 aromatic heterocycles. The lowest BCUT2D eigenvalue weighted by Crippen LogP contribution is -2.61. The highest BCUT2D eigenvalue weighted by Gasteiger charge is 2.56. The van der Waals surface area contributed by atoms with E-state index in [4.69, 9.17) is 9.84 Å². The van der Waals surface area contributed by atoms with Crippen molar-refractivity contribution < 1.29 is 19.4 Å². The van der Waals surface area contributed by atoms with Crippen LogP contribution in [-0.4, -0.2) is 40.9 Å². The number of alkyl carbamates (subject to hydrolysis) is 1. The molecule has 3 N–H and O–H groups in total. The summed E-state index contributed by atoms with van der Waals surface area (Å²) in [6.07, 6.45) is 0.425. The number of nitrogens with one attached hydrogen (secondary N) is 2. The Morgan fingerprint density at radius 1 is 1.35 bits per heavy atom. The van der Waals surface area contributed by atoms with Gasteiger partial charge in [-0.25, -0.2) is 4.79 Å². The largest absolute Gasteiger partial charge is 0.481 e. The molecule has 1 aliphatic carbocycles. The van der Waals surface area contributed by atoms with E-state index in [1.165, 1.54) is 0 Å². The Morgan fingerprint density at radius 2 is 2.00 bits per heavy atom. The zero-order valence-electron chi connectivity index (χ0n) is 12.5. The predicted molar refractivity (Wildman–Crippen MR) is 73.4 cm³/mol. The third-order valence-corrected chi connectivity index (χ3v) is 4.18. The van der Waals surface area contributed by atoms with Crippen LogP contribution < -0.4 is 10.6 Å². The Morgan fingerprint density at radius 3 is 2.40 bits per heavy atom. The minimum atomic E-state index is -0.908. The number of fused-ring (bicyclic) bond motifs is 1. The van der Waals surface area contributed by atoms with Gasteiger partial charge in [-0.3, -0.25) is 4.79 Å². The van der Waals surface area contributed by atoms with E-state index in [-0.39, 0.29) is 12.3 Å². The fraction of sp³-hybridized carbons (Fsp3) is 0.857. The van der Waals surface area contributed by atoms with Crippen molar-refractivity contribution in [1.82, 2.24) is 10.6 Å². The first kappa shape index (κ1) is 15.1. The molecule has 20 heavy (non-hydrogen) atoms. The summed E-state index contributed by atoms with van der Waals surface area (Å²) in [5.41, 5.74) is -1.36. The maximum Gasteiger partial charge on any atom is 0.408 e. The average molecular weight is 284 g/mol. The van der Waals surface area contributed by atoms with Gasteiger partial charge in [-0.15, -0.1) is 0 Å². The SMILES string of the molecule is CC(C)(C)OC(=O)NC(C)(CC(=O)O)C1C2CNC1C2. The van der Waals surface area contributed by atoms with Crippen molar-refractivity contribution in [2.45, 2.75) is 57.7 Å². The van der Waals surface area contributed by atoms with Crippen molar-refractivity contribution in [3.05, 3.63) is 0 Å². The third-order valence-electron chi connectivity index (χ3n) is 4.18. The molecule has 3 aliphatic rings. The fourth-order valence-electron chi connectivity index (χ4n) is 3.54. The van der Waals surface area contributed by atoms with Crippen molar-refractivity contribution in [2.75, 3.05) is 6.54 Å². The van der Waals surface area contributed by atoms with E-state index in [1.54, 1.807) is 20.8 Å². The topological polar surface area (TPSA) is 87.7 Å². The van der Waals surface area contributed by atoms with E-state index in [0.717, 1.165) is 13.0 Å². The van der Waals surface area contributed by atoms with Crippen molar-refractivity contribution in [1.29, 1.82) is 0 Å². The minimum absolute atomic E-state index is 0.0917. The van der Waals surface area contributed by atoms with Gasteiger partial charge >= 0.3 is 12.1 Å². The number of carboxylic acids is 1. The third kappa shape index (κ3) is 3.06. The number of aliphatic carboxylic acids is 1. The fourth-order valence-corrected chi connectivity index (χ4v) is 3.54. The molecule has 4 atom stereocenters. The molecule has 2 aliphatic heterocycles. The number of ether oxygens (including phenoxy) is 1. The summed E-state index contributed by atoms with van der Waals surface area (Å²) in [5.74, 6) is -0.305. The van der Waals surface area contributed by atoms with Crippen molar-refractivity contribution in [3.8, 4) is 0 Å². The average Bonchev–Trinajstić information content (AvgIpc) is 2.70. The van der Waals surface area contributed by atoms with Crippen molar-refractivity contribution in [2.24, 2.45) is 11.8 Å². The molecule has 2 heterocycles. The van der Waals surface area contributed by atoms with E-state index < -0.39 is 23.2 Å². The molecule has 0 spiro atoms. The van der Waals surface area contributed by atoms with Crippen molar-refractivity contribution in [3.63, 3.8) is 0 Å². The quantitative estimate of drug-likeness (QED) is 0.725. The first-order valence-corrected chi connectivity index (χ1v) is 7.07. The van der Waals surface area contributed by atoms with Crippen LogP contribution in [0.4, 0.5) is 4.79 Å². The van der Waals surface area contributed by atoms with Gasteiger partial charge in [0.2, 0.25) is 0 Å². The zero-order valence-corrected chi connectivity index (χ0v) is 12.5. The van der Waals surface area contributed by atoms with Gasteiger partial charge in [-0.05, 0) is 46.6 Å². The molecule has 4 unspecified atom stereocenters. The molecule has 1 saturated carbocycles. The lowest BCUT2D eigenvalue weighted by molar-refractivity contribution is -0.139. The summed E-state index contributed by atoms with van der Waals surface area (Å²) in [6, 6.07) is 0.305. The van der Waals surface area contributed by atoms with Crippen molar-refractivity contribution >= 4 is 12.1 Å². The Balaban J connectivity index is 2.07. The van der Waals surface area contributed by atoms with E-state index in [2.05, 4.69) is 10.6 Å². The smallest absolute Gasteiger partial charge is 0.408 e. The summed E-state index contributed by atoms with van der Waals surface area (Å²) >= 11 is 0. The molecule has 0 aromatic carbocycles.